The maximum atomic E-state index is 12.0. The van der Waals surface area contributed by atoms with Crippen LogP contribution < -0.4 is 10.1 Å². The van der Waals surface area contributed by atoms with E-state index in [4.69, 9.17) is 14.5 Å². The summed E-state index contributed by atoms with van der Waals surface area (Å²) in [4.78, 5) is 5.22. The van der Waals surface area contributed by atoms with Gasteiger partial charge in [-0.05, 0) is 43.2 Å². The molecule has 0 aliphatic heterocycles. The quantitative estimate of drug-likeness (QED) is 0.296. The van der Waals surface area contributed by atoms with Crippen molar-refractivity contribution in [3.05, 3.63) is 47.8 Å². The summed E-state index contributed by atoms with van der Waals surface area (Å²) in [5.74, 6) is 0.548. The molecular formula is C25H35N3O4SSi. The monoisotopic (exact) mass is 501 g/mol. The fourth-order valence-corrected chi connectivity index (χ4v) is 5.20. The highest BCUT2D eigenvalue weighted by molar-refractivity contribution is 7.90. The van der Waals surface area contributed by atoms with Gasteiger partial charge in [-0.15, -0.1) is 0 Å². The minimum absolute atomic E-state index is 0.247. The molecule has 1 fully saturated rings. The molecule has 0 spiro atoms. The highest BCUT2D eigenvalue weighted by Crippen LogP contribution is 2.32. The first kappa shape index (κ1) is 24.8. The van der Waals surface area contributed by atoms with Crippen LogP contribution in [0.4, 0.5) is 5.69 Å². The van der Waals surface area contributed by atoms with E-state index in [-0.39, 0.29) is 4.90 Å². The third kappa shape index (κ3) is 6.19. The average Bonchev–Trinajstić information content (AvgIpc) is 3.47. The molecule has 0 bridgehead atoms. The highest BCUT2D eigenvalue weighted by Gasteiger charge is 2.23. The lowest BCUT2D eigenvalue weighted by Gasteiger charge is -2.16. The molecule has 184 valence electrons. The van der Waals surface area contributed by atoms with Crippen molar-refractivity contribution >= 4 is 34.6 Å². The number of fused-ring (bicyclic) bond motifs is 1. The van der Waals surface area contributed by atoms with Gasteiger partial charge in [0.1, 0.15) is 18.1 Å². The van der Waals surface area contributed by atoms with Crippen LogP contribution in [0.15, 0.2) is 41.4 Å². The molecule has 0 radical (unpaired) electrons. The lowest BCUT2D eigenvalue weighted by Crippen LogP contribution is -2.22. The van der Waals surface area contributed by atoms with Crippen LogP contribution in [0.5, 0.6) is 5.75 Å². The van der Waals surface area contributed by atoms with Crippen LogP contribution in [0.3, 0.4) is 0 Å². The van der Waals surface area contributed by atoms with E-state index >= 15 is 0 Å². The van der Waals surface area contributed by atoms with Crippen molar-refractivity contribution in [2.75, 3.05) is 25.3 Å². The topological polar surface area (TPSA) is 82.5 Å². The van der Waals surface area contributed by atoms with E-state index in [9.17, 15) is 8.42 Å². The molecule has 2 heterocycles. The Balaban J connectivity index is 1.63. The molecule has 0 saturated heterocycles. The van der Waals surface area contributed by atoms with Crippen molar-refractivity contribution in [1.82, 2.24) is 9.55 Å². The first-order valence-electron chi connectivity index (χ1n) is 11.7. The molecule has 3 aromatic rings. The number of hydrogen-bond acceptors (Lipinski definition) is 6. The van der Waals surface area contributed by atoms with Crippen LogP contribution in [0.25, 0.3) is 11.0 Å². The number of ether oxygens (including phenoxy) is 2. The maximum absolute atomic E-state index is 12.0. The zero-order valence-electron chi connectivity index (χ0n) is 20.7. The maximum Gasteiger partial charge on any atom is 0.175 e. The number of sulfone groups is 1. The van der Waals surface area contributed by atoms with Crippen LogP contribution >= 0.6 is 0 Å². The number of anilines is 1. The second-order valence-electron chi connectivity index (χ2n) is 10.4. The van der Waals surface area contributed by atoms with E-state index < -0.39 is 17.9 Å². The molecule has 0 atom stereocenters. The molecule has 1 aromatic carbocycles. The Kier molecular flexibility index (Phi) is 7.07. The second kappa shape index (κ2) is 9.71. The molecular weight excluding hydrogens is 466 g/mol. The molecule has 0 unspecified atom stereocenters. The van der Waals surface area contributed by atoms with Crippen LogP contribution in [0.2, 0.25) is 25.7 Å². The lowest BCUT2D eigenvalue weighted by molar-refractivity contribution is 0.0899. The minimum atomic E-state index is -3.31. The van der Waals surface area contributed by atoms with Crippen molar-refractivity contribution in [2.45, 2.75) is 62.6 Å². The number of aromatic nitrogens is 2. The van der Waals surface area contributed by atoms with Gasteiger partial charge in [0.15, 0.2) is 9.84 Å². The molecule has 1 saturated carbocycles. The molecule has 1 aliphatic carbocycles. The van der Waals surface area contributed by atoms with Crippen molar-refractivity contribution in [2.24, 2.45) is 0 Å². The molecule has 1 N–H and O–H groups in total. The number of nitrogens with one attached hydrogen (secondary N) is 1. The van der Waals surface area contributed by atoms with Gasteiger partial charge in [-0.3, -0.25) is 0 Å². The Morgan fingerprint density at radius 1 is 1.18 bits per heavy atom. The molecule has 2 aromatic heterocycles. The van der Waals surface area contributed by atoms with Crippen molar-refractivity contribution < 1.29 is 17.9 Å². The van der Waals surface area contributed by atoms with Gasteiger partial charge < -0.3 is 19.4 Å². The molecule has 1 aliphatic rings. The Hall–Kier alpha value is -2.36. The first-order valence-corrected chi connectivity index (χ1v) is 17.3. The largest absolute Gasteiger partial charge is 0.496 e. The fraction of sp³-hybridized carbons (Fsp3) is 0.480. The van der Waals surface area contributed by atoms with Crippen molar-refractivity contribution in [1.29, 1.82) is 0 Å². The van der Waals surface area contributed by atoms with Gasteiger partial charge >= 0.3 is 0 Å². The third-order valence-corrected chi connectivity index (χ3v) is 8.82. The summed E-state index contributed by atoms with van der Waals surface area (Å²) in [5.41, 5.74) is 3.75. The van der Waals surface area contributed by atoms with Crippen LogP contribution in [-0.2, 0) is 27.7 Å². The van der Waals surface area contributed by atoms with E-state index in [0.717, 1.165) is 40.6 Å². The molecule has 9 heteroatoms. The number of methoxy groups -OCH3 is 1. The lowest BCUT2D eigenvalue weighted by atomic mass is 10.1. The molecule has 7 nitrogen and oxygen atoms in total. The predicted molar refractivity (Wildman–Crippen MR) is 139 cm³/mol. The van der Waals surface area contributed by atoms with Crippen molar-refractivity contribution in [3.8, 4) is 5.75 Å². The normalized spacial score (nSPS) is 14.5. The van der Waals surface area contributed by atoms with Gasteiger partial charge in [0, 0.05) is 61.9 Å². The smallest absolute Gasteiger partial charge is 0.175 e. The van der Waals surface area contributed by atoms with E-state index in [0.29, 0.717) is 24.9 Å². The SMILES string of the molecule is COc1cc(S(C)(=O)=O)ccc1Cc1cc(NC2CC2)c2ccn(COCC[Si](C)(C)C)c2n1. The summed E-state index contributed by atoms with van der Waals surface area (Å²) in [6, 6.07) is 10.9. The molecule has 34 heavy (non-hydrogen) atoms. The zero-order chi connectivity index (χ0) is 24.5. The summed E-state index contributed by atoms with van der Waals surface area (Å²) in [6.45, 7) is 8.28. The summed E-state index contributed by atoms with van der Waals surface area (Å²) >= 11 is 0. The van der Waals surface area contributed by atoms with E-state index in [1.807, 2.05) is 12.3 Å². The Bertz CT molecular complexity index is 1280. The first-order chi connectivity index (χ1) is 16.0. The van der Waals surface area contributed by atoms with Gasteiger partial charge in [-0.2, -0.15) is 0 Å². The summed E-state index contributed by atoms with van der Waals surface area (Å²) in [7, 11) is -2.89. The number of pyridine rings is 1. The number of benzene rings is 1. The van der Waals surface area contributed by atoms with Gasteiger partial charge in [-0.25, -0.2) is 13.4 Å². The second-order valence-corrected chi connectivity index (χ2v) is 18.0. The summed E-state index contributed by atoms with van der Waals surface area (Å²) in [6.07, 6.45) is 6.13. The summed E-state index contributed by atoms with van der Waals surface area (Å²) in [5, 5.41) is 4.73. The zero-order valence-corrected chi connectivity index (χ0v) is 22.5. The minimum Gasteiger partial charge on any atom is -0.496 e. The van der Waals surface area contributed by atoms with Gasteiger partial charge in [0.05, 0.1) is 12.0 Å². The fourth-order valence-electron chi connectivity index (χ4n) is 3.81. The van der Waals surface area contributed by atoms with Gasteiger partial charge in [-0.1, -0.05) is 25.7 Å². The Morgan fingerprint density at radius 2 is 1.94 bits per heavy atom. The Morgan fingerprint density at radius 3 is 2.59 bits per heavy atom. The van der Waals surface area contributed by atoms with E-state index in [1.165, 1.54) is 19.1 Å². The average molecular weight is 502 g/mol. The summed E-state index contributed by atoms with van der Waals surface area (Å²) < 4.78 is 37.5. The molecule has 4 rings (SSSR count). The highest BCUT2D eigenvalue weighted by atomic mass is 32.2. The third-order valence-electron chi connectivity index (χ3n) is 6.01. The number of rotatable bonds is 11. The number of hydrogen-bond donors (Lipinski definition) is 1. The number of nitrogens with zero attached hydrogens (tertiary/aromatic N) is 2. The van der Waals surface area contributed by atoms with E-state index in [2.05, 4.69) is 41.7 Å². The predicted octanol–water partition coefficient (Wildman–Crippen LogP) is 4.93. The molecule has 0 amide bonds. The van der Waals surface area contributed by atoms with Crippen LogP contribution in [0, 0.1) is 0 Å². The van der Waals surface area contributed by atoms with Crippen molar-refractivity contribution in [3.63, 3.8) is 0 Å². The van der Waals surface area contributed by atoms with Crippen LogP contribution in [-0.4, -0.2) is 52.1 Å². The van der Waals surface area contributed by atoms with Gasteiger partial charge in [0.25, 0.3) is 0 Å². The van der Waals surface area contributed by atoms with E-state index in [1.54, 1.807) is 19.2 Å². The van der Waals surface area contributed by atoms with Crippen LogP contribution in [0.1, 0.15) is 24.1 Å². The van der Waals surface area contributed by atoms with Gasteiger partial charge in [0.2, 0.25) is 0 Å². The standard InChI is InChI=1S/C25H35N3O4SSi/c1-31-24-16-21(33(2,29)30)9-6-18(24)14-20-15-23(26-19-7-8-19)22-10-11-28(25(22)27-20)17-32-12-13-34(3,4)5/h6,9-11,15-16,19H,7-8,12-14,17H2,1-5H3,(H,26,27). The Labute approximate surface area is 203 Å².